The van der Waals surface area contributed by atoms with Crippen LogP contribution in [0.1, 0.15) is 27.0 Å². The van der Waals surface area contributed by atoms with Crippen LogP contribution in [0.3, 0.4) is 0 Å². The Morgan fingerprint density at radius 2 is 0.914 bits per heavy atom. The summed E-state index contributed by atoms with van der Waals surface area (Å²) in [4.78, 5) is 13.5. The highest BCUT2D eigenvalue weighted by Gasteiger charge is 2.53. The molecule has 1 nitrogen and oxygen atoms in total. The number of Topliss-reactive ketones (excluding diaryl/α,β-unsaturated/α-hetero) is 1. The predicted octanol–water partition coefficient (Wildman–Crippen LogP) is 8.31. The summed E-state index contributed by atoms with van der Waals surface area (Å²) in [6, 6.07) is 46.0. The molecule has 1 atom stereocenters. The first-order chi connectivity index (χ1) is 17.2. The van der Waals surface area contributed by atoms with E-state index in [0.29, 0.717) is 0 Å². The first-order valence-electron chi connectivity index (χ1n) is 11.8. The molecule has 0 saturated heterocycles. The van der Waals surface area contributed by atoms with Crippen molar-refractivity contribution in [2.75, 3.05) is 0 Å². The number of ketones is 1. The van der Waals surface area contributed by atoms with Gasteiger partial charge >= 0.3 is 0 Å². The van der Waals surface area contributed by atoms with Gasteiger partial charge < -0.3 is 0 Å². The van der Waals surface area contributed by atoms with Crippen molar-refractivity contribution in [3.05, 3.63) is 156 Å². The largest absolute Gasteiger partial charge is 0.293 e. The van der Waals surface area contributed by atoms with Crippen LogP contribution in [-0.4, -0.2) is 10.6 Å². The van der Waals surface area contributed by atoms with Crippen LogP contribution in [0.15, 0.2) is 133 Å². The Balaban J connectivity index is 1.73. The molecule has 1 unspecified atom stereocenters. The van der Waals surface area contributed by atoms with E-state index in [1.54, 1.807) is 0 Å². The minimum atomic E-state index is -0.631. The number of hydrogen-bond acceptors (Lipinski definition) is 1. The van der Waals surface area contributed by atoms with Gasteiger partial charge in [0.15, 0.2) is 5.78 Å². The number of rotatable bonds is 4. The number of alkyl halides is 1. The van der Waals surface area contributed by atoms with Crippen molar-refractivity contribution in [2.45, 2.75) is 10.2 Å². The highest BCUT2D eigenvalue weighted by Crippen LogP contribution is 2.54. The molecular weight excluding hydrogens is 492 g/mol. The standard InChI is InChI=1S/C33H23BrO/c34-32-31(35)29-21-27(23-13-5-1-6-14-23)28(24-15-7-2-8-16-24)22-30(29)33(32,25-17-9-3-10-18-25)26-19-11-4-12-20-26/h1-22,32H. The number of carbonyl (C=O) groups excluding carboxylic acids is 1. The van der Waals surface area contributed by atoms with Gasteiger partial charge in [-0.15, -0.1) is 0 Å². The molecule has 35 heavy (non-hydrogen) atoms. The van der Waals surface area contributed by atoms with Crippen LogP contribution in [0.5, 0.6) is 0 Å². The first kappa shape index (κ1) is 21.8. The summed E-state index contributed by atoms with van der Waals surface area (Å²) >= 11 is 3.89. The van der Waals surface area contributed by atoms with E-state index in [9.17, 15) is 4.79 Å². The SMILES string of the molecule is O=C1c2cc(-c3ccccc3)c(-c3ccccc3)cc2C(c2ccccc2)(c2ccccc2)C1Br. The van der Waals surface area contributed by atoms with Crippen molar-refractivity contribution < 1.29 is 4.79 Å². The van der Waals surface area contributed by atoms with Crippen molar-refractivity contribution in [1.82, 2.24) is 0 Å². The fraction of sp³-hybridized carbons (Fsp3) is 0.0606. The smallest absolute Gasteiger partial charge is 0.178 e. The van der Waals surface area contributed by atoms with Gasteiger partial charge in [-0.25, -0.2) is 0 Å². The van der Waals surface area contributed by atoms with Gasteiger partial charge in [0.05, 0.1) is 10.2 Å². The molecule has 0 aliphatic heterocycles. The first-order valence-corrected chi connectivity index (χ1v) is 12.7. The van der Waals surface area contributed by atoms with E-state index in [-0.39, 0.29) is 5.78 Å². The molecule has 2 heteroatoms. The maximum absolute atomic E-state index is 13.9. The summed E-state index contributed by atoms with van der Waals surface area (Å²) < 4.78 is 0. The molecule has 1 aliphatic rings. The van der Waals surface area contributed by atoms with Crippen molar-refractivity contribution in [3.63, 3.8) is 0 Å². The summed E-state index contributed by atoms with van der Waals surface area (Å²) in [5.74, 6) is 0.115. The van der Waals surface area contributed by atoms with Crippen molar-refractivity contribution in [3.8, 4) is 22.3 Å². The lowest BCUT2D eigenvalue weighted by molar-refractivity contribution is 0.0993. The molecule has 0 aromatic heterocycles. The van der Waals surface area contributed by atoms with Gasteiger partial charge in [0.1, 0.15) is 0 Å². The quantitative estimate of drug-likeness (QED) is 0.220. The van der Waals surface area contributed by atoms with E-state index in [4.69, 9.17) is 0 Å². The Kier molecular flexibility index (Phi) is 5.47. The molecule has 6 rings (SSSR count). The normalized spacial score (nSPS) is 16.1. The highest BCUT2D eigenvalue weighted by molar-refractivity contribution is 9.10. The third-order valence-corrected chi connectivity index (χ3v) is 8.19. The van der Waals surface area contributed by atoms with Gasteiger partial charge in [-0.2, -0.15) is 0 Å². The second-order valence-corrected chi connectivity index (χ2v) is 9.86. The van der Waals surface area contributed by atoms with E-state index >= 15 is 0 Å². The number of halogens is 1. The third kappa shape index (κ3) is 3.40. The van der Waals surface area contributed by atoms with Crippen LogP contribution in [0.25, 0.3) is 22.3 Å². The van der Waals surface area contributed by atoms with Crippen LogP contribution in [0.4, 0.5) is 0 Å². The average molecular weight is 515 g/mol. The monoisotopic (exact) mass is 514 g/mol. The molecule has 0 N–H and O–H groups in total. The van der Waals surface area contributed by atoms with Crippen molar-refractivity contribution in [1.29, 1.82) is 0 Å². The van der Waals surface area contributed by atoms with E-state index in [0.717, 1.165) is 44.5 Å². The van der Waals surface area contributed by atoms with Gasteiger partial charge in [0.25, 0.3) is 0 Å². The van der Waals surface area contributed by atoms with Crippen LogP contribution in [-0.2, 0) is 5.41 Å². The van der Waals surface area contributed by atoms with Crippen LogP contribution in [0.2, 0.25) is 0 Å². The molecule has 1 aliphatic carbocycles. The van der Waals surface area contributed by atoms with Crippen LogP contribution < -0.4 is 0 Å². The minimum Gasteiger partial charge on any atom is -0.293 e. The lowest BCUT2D eigenvalue weighted by atomic mass is 9.69. The molecule has 0 spiro atoms. The summed E-state index contributed by atoms with van der Waals surface area (Å²) in [7, 11) is 0. The zero-order chi connectivity index (χ0) is 23.8. The molecular formula is C33H23BrO. The van der Waals surface area contributed by atoms with Crippen molar-refractivity contribution >= 4 is 21.7 Å². The van der Waals surface area contributed by atoms with Crippen LogP contribution in [0, 0.1) is 0 Å². The second-order valence-electron chi connectivity index (χ2n) is 8.94. The Hall–Kier alpha value is -3.75. The molecule has 168 valence electrons. The van der Waals surface area contributed by atoms with Gasteiger partial charge in [-0.3, -0.25) is 4.79 Å². The Bertz CT molecular complexity index is 1450. The van der Waals surface area contributed by atoms with E-state index in [1.807, 2.05) is 36.4 Å². The number of hydrogen-bond donors (Lipinski definition) is 0. The summed E-state index contributed by atoms with van der Waals surface area (Å²) in [6.45, 7) is 0. The molecule has 0 radical (unpaired) electrons. The molecule has 5 aromatic carbocycles. The Labute approximate surface area is 214 Å². The summed E-state index contributed by atoms with van der Waals surface area (Å²) in [5, 5.41) is 0. The average Bonchev–Trinajstić information content (AvgIpc) is 3.16. The maximum Gasteiger partial charge on any atom is 0.178 e. The Morgan fingerprint density at radius 3 is 1.37 bits per heavy atom. The molecule has 0 bridgehead atoms. The molecule has 0 heterocycles. The molecule has 0 fully saturated rings. The maximum atomic E-state index is 13.9. The topological polar surface area (TPSA) is 17.1 Å². The van der Waals surface area contributed by atoms with Crippen LogP contribution >= 0.6 is 15.9 Å². The zero-order valence-corrected chi connectivity index (χ0v) is 20.7. The van der Waals surface area contributed by atoms with E-state index in [1.165, 1.54) is 0 Å². The lowest BCUT2D eigenvalue weighted by Gasteiger charge is -2.35. The van der Waals surface area contributed by atoms with Crippen molar-refractivity contribution in [2.24, 2.45) is 0 Å². The molecule has 5 aromatic rings. The highest BCUT2D eigenvalue weighted by atomic mass is 79.9. The second kappa shape index (κ2) is 8.79. The summed E-state index contributed by atoms with van der Waals surface area (Å²) in [5.41, 5.74) is 7.83. The predicted molar refractivity (Wildman–Crippen MR) is 147 cm³/mol. The molecule has 0 amide bonds. The van der Waals surface area contributed by atoms with Gasteiger partial charge in [-0.1, -0.05) is 137 Å². The van der Waals surface area contributed by atoms with Gasteiger partial charge in [0.2, 0.25) is 0 Å². The number of fused-ring (bicyclic) bond motifs is 1. The Morgan fingerprint density at radius 1 is 0.514 bits per heavy atom. The number of carbonyl (C=O) groups is 1. The van der Waals surface area contributed by atoms with Gasteiger partial charge in [-0.05, 0) is 51.1 Å². The van der Waals surface area contributed by atoms with E-state index < -0.39 is 10.2 Å². The molecule has 0 saturated carbocycles. The van der Waals surface area contributed by atoms with E-state index in [2.05, 4.69) is 113 Å². The third-order valence-electron chi connectivity index (χ3n) is 7.09. The number of benzene rings is 5. The summed E-state index contributed by atoms with van der Waals surface area (Å²) in [6.07, 6.45) is 0. The lowest BCUT2D eigenvalue weighted by Crippen LogP contribution is -2.37. The van der Waals surface area contributed by atoms with Gasteiger partial charge in [0, 0.05) is 5.56 Å². The fourth-order valence-electron chi connectivity index (χ4n) is 5.48. The fourth-order valence-corrected chi connectivity index (χ4v) is 6.51. The zero-order valence-electron chi connectivity index (χ0n) is 19.1. The minimum absolute atomic E-state index is 0.115.